The fourth-order valence-electron chi connectivity index (χ4n) is 0.988. The molecular weight excluding hydrogens is 242 g/mol. The Bertz CT molecular complexity index is 339. The van der Waals surface area contributed by atoms with E-state index in [9.17, 15) is 4.79 Å². The van der Waals surface area contributed by atoms with Gasteiger partial charge in [-0.15, -0.1) is 10.2 Å². The van der Waals surface area contributed by atoms with Gasteiger partial charge in [0, 0.05) is 11.8 Å². The number of rotatable bonds is 6. The molecule has 1 aromatic heterocycles. The molecule has 0 radical (unpaired) electrons. The van der Waals surface area contributed by atoms with Gasteiger partial charge in [0.25, 0.3) is 5.91 Å². The second kappa shape index (κ2) is 6.85. The number of amides is 1. The molecule has 0 spiro atoms. The van der Waals surface area contributed by atoms with Gasteiger partial charge in [0.2, 0.25) is 5.01 Å². The molecule has 0 unspecified atom stereocenters. The normalized spacial score (nSPS) is 10.8. The van der Waals surface area contributed by atoms with E-state index in [2.05, 4.69) is 22.4 Å². The average molecular weight is 259 g/mol. The van der Waals surface area contributed by atoms with Crippen LogP contribution in [0, 0.1) is 0 Å². The van der Waals surface area contributed by atoms with Gasteiger partial charge in [-0.3, -0.25) is 4.79 Å². The number of carbonyl (C=O) groups excluding carboxylic acids is 1. The van der Waals surface area contributed by atoms with Crippen molar-refractivity contribution in [3.8, 4) is 0 Å². The van der Waals surface area contributed by atoms with E-state index in [1.807, 2.05) is 13.8 Å². The monoisotopic (exact) mass is 259 g/mol. The molecule has 0 aliphatic heterocycles. The van der Waals surface area contributed by atoms with E-state index in [0.717, 1.165) is 16.5 Å². The standard InChI is InChI=1S/C10H17N3OS2/c1-4-5-6-15-10-13-12-9(16-10)8(14)11-7(2)3/h7H,4-6H2,1-3H3,(H,11,14). The smallest absolute Gasteiger partial charge is 0.282 e. The summed E-state index contributed by atoms with van der Waals surface area (Å²) in [6, 6.07) is 0.132. The lowest BCUT2D eigenvalue weighted by Gasteiger charge is -2.04. The van der Waals surface area contributed by atoms with Crippen LogP contribution in [0.1, 0.15) is 43.4 Å². The van der Waals surface area contributed by atoms with E-state index < -0.39 is 0 Å². The van der Waals surface area contributed by atoms with Gasteiger partial charge in [-0.1, -0.05) is 36.4 Å². The first-order chi connectivity index (χ1) is 7.63. The fraction of sp³-hybridized carbons (Fsp3) is 0.700. The summed E-state index contributed by atoms with van der Waals surface area (Å²) in [5, 5.41) is 11.1. The van der Waals surface area contributed by atoms with Crippen LogP contribution in [0.25, 0.3) is 0 Å². The van der Waals surface area contributed by atoms with Crippen LogP contribution in [-0.4, -0.2) is 27.9 Å². The summed E-state index contributed by atoms with van der Waals surface area (Å²) in [5.41, 5.74) is 0. The topological polar surface area (TPSA) is 54.9 Å². The molecule has 0 saturated carbocycles. The lowest BCUT2D eigenvalue weighted by molar-refractivity contribution is 0.0942. The fourth-order valence-corrected chi connectivity index (χ4v) is 2.90. The maximum atomic E-state index is 11.6. The average Bonchev–Trinajstić information content (AvgIpc) is 2.66. The zero-order valence-electron chi connectivity index (χ0n) is 9.82. The third-order valence-electron chi connectivity index (χ3n) is 1.74. The van der Waals surface area contributed by atoms with E-state index in [0.29, 0.717) is 5.01 Å². The Morgan fingerprint density at radius 2 is 2.25 bits per heavy atom. The Hall–Kier alpha value is -0.620. The third kappa shape index (κ3) is 4.49. The minimum absolute atomic E-state index is 0.130. The number of unbranched alkanes of at least 4 members (excludes halogenated alkanes) is 1. The molecular formula is C10H17N3OS2. The largest absolute Gasteiger partial charge is 0.348 e. The number of nitrogens with one attached hydrogen (secondary N) is 1. The van der Waals surface area contributed by atoms with Crippen LogP contribution in [0.2, 0.25) is 0 Å². The van der Waals surface area contributed by atoms with Crippen LogP contribution in [0.4, 0.5) is 0 Å². The van der Waals surface area contributed by atoms with Gasteiger partial charge < -0.3 is 5.32 Å². The highest BCUT2D eigenvalue weighted by molar-refractivity contribution is 8.01. The zero-order valence-corrected chi connectivity index (χ0v) is 11.5. The Labute approximate surface area is 104 Å². The third-order valence-corrected chi connectivity index (χ3v) is 3.89. The predicted molar refractivity (Wildman–Crippen MR) is 68.1 cm³/mol. The number of hydrogen-bond donors (Lipinski definition) is 1. The van der Waals surface area contributed by atoms with Gasteiger partial charge in [0.1, 0.15) is 0 Å². The van der Waals surface area contributed by atoms with E-state index >= 15 is 0 Å². The van der Waals surface area contributed by atoms with Crippen LogP contribution < -0.4 is 5.32 Å². The number of nitrogens with zero attached hydrogens (tertiary/aromatic N) is 2. The van der Waals surface area contributed by atoms with Crippen molar-refractivity contribution in [2.45, 2.75) is 44.0 Å². The first kappa shape index (κ1) is 13.4. The summed E-state index contributed by atoms with van der Waals surface area (Å²) in [6.07, 6.45) is 2.34. The first-order valence-corrected chi connectivity index (χ1v) is 7.20. The molecule has 6 heteroatoms. The van der Waals surface area contributed by atoms with Crippen molar-refractivity contribution < 1.29 is 4.79 Å². The number of hydrogen-bond acceptors (Lipinski definition) is 5. The molecule has 1 heterocycles. The molecule has 1 rings (SSSR count). The molecule has 0 aliphatic carbocycles. The second-order valence-corrected chi connectivity index (χ2v) is 6.02. The summed E-state index contributed by atoms with van der Waals surface area (Å²) in [6.45, 7) is 6.01. The van der Waals surface area contributed by atoms with E-state index in [4.69, 9.17) is 0 Å². The van der Waals surface area contributed by atoms with Crippen molar-refractivity contribution in [1.82, 2.24) is 15.5 Å². The van der Waals surface area contributed by atoms with Crippen LogP contribution in [0.15, 0.2) is 4.34 Å². The molecule has 0 fully saturated rings. The number of carbonyl (C=O) groups is 1. The molecule has 0 bridgehead atoms. The van der Waals surface area contributed by atoms with Crippen molar-refractivity contribution in [3.63, 3.8) is 0 Å². The summed E-state index contributed by atoms with van der Waals surface area (Å²) >= 11 is 3.03. The van der Waals surface area contributed by atoms with Crippen LogP contribution in [0.5, 0.6) is 0 Å². The van der Waals surface area contributed by atoms with Gasteiger partial charge in [-0.2, -0.15) is 0 Å². The molecule has 1 N–H and O–H groups in total. The summed E-state index contributed by atoms with van der Waals surface area (Å²) < 4.78 is 0.877. The highest BCUT2D eigenvalue weighted by Crippen LogP contribution is 2.23. The van der Waals surface area contributed by atoms with E-state index in [1.165, 1.54) is 17.8 Å². The maximum Gasteiger partial charge on any atom is 0.282 e. The summed E-state index contributed by atoms with van der Waals surface area (Å²) in [5.74, 6) is 0.909. The molecule has 0 saturated heterocycles. The van der Waals surface area contributed by atoms with Crippen LogP contribution >= 0.6 is 23.1 Å². The quantitative estimate of drug-likeness (QED) is 0.630. The van der Waals surface area contributed by atoms with Gasteiger partial charge in [0.05, 0.1) is 0 Å². The predicted octanol–water partition coefficient (Wildman–Crippen LogP) is 2.57. The Morgan fingerprint density at radius 3 is 2.88 bits per heavy atom. The molecule has 90 valence electrons. The molecule has 0 aromatic carbocycles. The lowest BCUT2D eigenvalue weighted by Crippen LogP contribution is -2.29. The zero-order chi connectivity index (χ0) is 12.0. The SMILES string of the molecule is CCCCSc1nnc(C(=O)NC(C)C)s1. The van der Waals surface area contributed by atoms with Gasteiger partial charge in [-0.05, 0) is 20.3 Å². The van der Waals surface area contributed by atoms with E-state index in [1.54, 1.807) is 11.8 Å². The maximum absolute atomic E-state index is 11.6. The highest BCUT2D eigenvalue weighted by Gasteiger charge is 2.13. The van der Waals surface area contributed by atoms with Crippen molar-refractivity contribution >= 4 is 29.0 Å². The molecule has 4 nitrogen and oxygen atoms in total. The highest BCUT2D eigenvalue weighted by atomic mass is 32.2. The minimum Gasteiger partial charge on any atom is -0.348 e. The van der Waals surface area contributed by atoms with Gasteiger partial charge in [0.15, 0.2) is 4.34 Å². The molecule has 0 aliphatic rings. The molecule has 1 aromatic rings. The van der Waals surface area contributed by atoms with Crippen molar-refractivity contribution in [3.05, 3.63) is 5.01 Å². The number of aromatic nitrogens is 2. The minimum atomic E-state index is -0.130. The Balaban J connectivity index is 2.47. The first-order valence-electron chi connectivity index (χ1n) is 5.40. The van der Waals surface area contributed by atoms with Crippen molar-refractivity contribution in [1.29, 1.82) is 0 Å². The molecule has 1 amide bonds. The van der Waals surface area contributed by atoms with Gasteiger partial charge >= 0.3 is 0 Å². The van der Waals surface area contributed by atoms with E-state index in [-0.39, 0.29) is 11.9 Å². The lowest BCUT2D eigenvalue weighted by atomic mass is 10.4. The van der Waals surface area contributed by atoms with Gasteiger partial charge in [-0.25, -0.2) is 0 Å². The Kier molecular flexibility index (Phi) is 5.76. The second-order valence-electron chi connectivity index (χ2n) is 3.70. The molecule has 16 heavy (non-hydrogen) atoms. The van der Waals surface area contributed by atoms with Crippen molar-refractivity contribution in [2.24, 2.45) is 0 Å². The summed E-state index contributed by atoms with van der Waals surface area (Å²) in [4.78, 5) is 11.6. The number of thioether (sulfide) groups is 1. The Morgan fingerprint density at radius 1 is 1.50 bits per heavy atom. The van der Waals surface area contributed by atoms with Crippen molar-refractivity contribution in [2.75, 3.05) is 5.75 Å². The van der Waals surface area contributed by atoms with Crippen LogP contribution in [-0.2, 0) is 0 Å². The van der Waals surface area contributed by atoms with Crippen LogP contribution in [0.3, 0.4) is 0 Å². The molecule has 0 atom stereocenters. The summed E-state index contributed by atoms with van der Waals surface area (Å²) in [7, 11) is 0.